The second-order valence-electron chi connectivity index (χ2n) is 6.05. The molecule has 2 fully saturated rings. The molecule has 3 nitrogen and oxygen atoms in total. The molecule has 0 saturated heterocycles. The predicted molar refractivity (Wildman–Crippen MR) is 75.5 cm³/mol. The zero-order valence-corrected chi connectivity index (χ0v) is 11.9. The molecule has 0 aromatic carbocycles. The van der Waals surface area contributed by atoms with Crippen LogP contribution in [-0.2, 0) is 9.59 Å². The van der Waals surface area contributed by atoms with Crippen molar-refractivity contribution < 1.29 is 9.59 Å². The standard InChI is InChI=1S/C16H25NO2/c1-3-5-7-17-16(19)15-9-11-8-12(18)10-14(11)13(15)6-4-2/h4,11,13-15H,2-3,5-10H2,1H3,(H,17,19). The first-order chi connectivity index (χ1) is 9.17. The van der Waals surface area contributed by atoms with Crippen molar-refractivity contribution in [3.8, 4) is 0 Å². The Hall–Kier alpha value is -1.12. The van der Waals surface area contributed by atoms with Gasteiger partial charge in [0.2, 0.25) is 5.91 Å². The average Bonchev–Trinajstić information content (AvgIpc) is 2.88. The third-order valence-corrected chi connectivity index (χ3v) is 4.79. The number of hydrogen-bond acceptors (Lipinski definition) is 2. The minimum Gasteiger partial charge on any atom is -0.356 e. The van der Waals surface area contributed by atoms with Gasteiger partial charge < -0.3 is 5.32 Å². The molecule has 106 valence electrons. The Bertz CT molecular complexity index is 364. The fourth-order valence-electron chi connectivity index (χ4n) is 3.87. The maximum Gasteiger partial charge on any atom is 0.223 e. The molecule has 0 radical (unpaired) electrons. The molecule has 4 unspecified atom stereocenters. The first-order valence-corrected chi connectivity index (χ1v) is 7.57. The lowest BCUT2D eigenvalue weighted by Gasteiger charge is -2.22. The Morgan fingerprint density at radius 2 is 2.26 bits per heavy atom. The molecule has 2 saturated carbocycles. The number of fused-ring (bicyclic) bond motifs is 1. The maximum atomic E-state index is 12.3. The fraction of sp³-hybridized carbons (Fsp3) is 0.750. The van der Waals surface area contributed by atoms with Gasteiger partial charge in [-0.15, -0.1) is 6.58 Å². The van der Waals surface area contributed by atoms with Gasteiger partial charge in [-0.2, -0.15) is 0 Å². The second kappa shape index (κ2) is 6.36. The number of ketones is 1. The summed E-state index contributed by atoms with van der Waals surface area (Å²) >= 11 is 0. The molecule has 2 rings (SSSR count). The van der Waals surface area contributed by atoms with E-state index in [-0.39, 0.29) is 11.8 Å². The highest BCUT2D eigenvalue weighted by atomic mass is 16.2. The van der Waals surface area contributed by atoms with E-state index in [1.54, 1.807) is 0 Å². The van der Waals surface area contributed by atoms with E-state index in [4.69, 9.17) is 0 Å². The van der Waals surface area contributed by atoms with Crippen molar-refractivity contribution in [2.75, 3.05) is 6.54 Å². The zero-order chi connectivity index (χ0) is 13.8. The molecule has 2 aliphatic carbocycles. The third-order valence-electron chi connectivity index (χ3n) is 4.79. The Morgan fingerprint density at radius 3 is 2.95 bits per heavy atom. The molecule has 0 heterocycles. The maximum absolute atomic E-state index is 12.3. The van der Waals surface area contributed by atoms with E-state index in [0.29, 0.717) is 36.4 Å². The zero-order valence-electron chi connectivity index (χ0n) is 11.9. The van der Waals surface area contributed by atoms with Crippen molar-refractivity contribution in [1.29, 1.82) is 0 Å². The van der Waals surface area contributed by atoms with Crippen LogP contribution >= 0.6 is 0 Å². The molecular weight excluding hydrogens is 238 g/mol. The molecule has 3 heteroatoms. The predicted octanol–water partition coefficient (Wildman–Crippen LogP) is 2.71. The summed E-state index contributed by atoms with van der Waals surface area (Å²) in [6.07, 6.45) is 7.17. The summed E-state index contributed by atoms with van der Waals surface area (Å²) in [5, 5.41) is 3.06. The van der Waals surface area contributed by atoms with Gasteiger partial charge in [-0.25, -0.2) is 0 Å². The first kappa shape index (κ1) is 14.3. The molecule has 0 bridgehead atoms. The van der Waals surface area contributed by atoms with Crippen LogP contribution in [0.5, 0.6) is 0 Å². The monoisotopic (exact) mass is 263 g/mol. The van der Waals surface area contributed by atoms with E-state index in [2.05, 4.69) is 18.8 Å². The van der Waals surface area contributed by atoms with E-state index in [1.807, 2.05) is 6.08 Å². The minimum absolute atomic E-state index is 0.0953. The summed E-state index contributed by atoms with van der Waals surface area (Å²) in [5.41, 5.74) is 0. The molecule has 2 aliphatic rings. The van der Waals surface area contributed by atoms with E-state index in [9.17, 15) is 9.59 Å². The van der Waals surface area contributed by atoms with Gasteiger partial charge in [0, 0.05) is 25.3 Å². The van der Waals surface area contributed by atoms with E-state index >= 15 is 0 Å². The SMILES string of the molecule is C=CCC1C(C(=O)NCCCC)CC2CC(=O)CC21. The van der Waals surface area contributed by atoms with E-state index < -0.39 is 0 Å². The van der Waals surface area contributed by atoms with Crippen LogP contribution in [0.2, 0.25) is 0 Å². The van der Waals surface area contributed by atoms with Gasteiger partial charge in [0.1, 0.15) is 5.78 Å². The Kier molecular flexibility index (Phi) is 4.78. The second-order valence-corrected chi connectivity index (χ2v) is 6.05. The van der Waals surface area contributed by atoms with Crippen LogP contribution in [0.3, 0.4) is 0 Å². The first-order valence-electron chi connectivity index (χ1n) is 7.57. The van der Waals surface area contributed by atoms with Gasteiger partial charge in [0.15, 0.2) is 0 Å². The van der Waals surface area contributed by atoms with Gasteiger partial charge in [-0.05, 0) is 37.0 Å². The summed E-state index contributed by atoms with van der Waals surface area (Å²) in [4.78, 5) is 23.9. The number of Topliss-reactive ketones (excluding diaryl/α,β-unsaturated/α-hetero) is 1. The lowest BCUT2D eigenvalue weighted by atomic mass is 9.84. The molecule has 0 aromatic heterocycles. The Labute approximate surface area is 115 Å². The normalized spacial score (nSPS) is 33.2. The lowest BCUT2D eigenvalue weighted by Crippen LogP contribution is -2.34. The number of carbonyl (C=O) groups excluding carboxylic acids is 2. The van der Waals surface area contributed by atoms with Crippen molar-refractivity contribution in [1.82, 2.24) is 5.32 Å². The summed E-state index contributed by atoms with van der Waals surface area (Å²) in [6.45, 7) is 6.71. The van der Waals surface area contributed by atoms with Gasteiger partial charge in [0.25, 0.3) is 0 Å². The van der Waals surface area contributed by atoms with E-state index in [1.165, 1.54) is 0 Å². The van der Waals surface area contributed by atoms with Gasteiger partial charge in [-0.3, -0.25) is 9.59 Å². The highest BCUT2D eigenvalue weighted by Gasteiger charge is 2.49. The fourth-order valence-corrected chi connectivity index (χ4v) is 3.87. The van der Waals surface area contributed by atoms with Crippen LogP contribution in [0.1, 0.15) is 45.4 Å². The van der Waals surface area contributed by atoms with Crippen LogP contribution in [0, 0.1) is 23.7 Å². The molecular formula is C16H25NO2. The summed E-state index contributed by atoms with van der Waals surface area (Å²) in [5.74, 6) is 1.87. The molecule has 0 spiro atoms. The molecule has 1 N–H and O–H groups in total. The van der Waals surface area contributed by atoms with Crippen molar-refractivity contribution >= 4 is 11.7 Å². The number of rotatable bonds is 6. The molecule has 0 aliphatic heterocycles. The van der Waals surface area contributed by atoms with Crippen molar-refractivity contribution in [2.24, 2.45) is 23.7 Å². The number of hydrogen-bond donors (Lipinski definition) is 1. The summed E-state index contributed by atoms with van der Waals surface area (Å²) in [7, 11) is 0. The van der Waals surface area contributed by atoms with Gasteiger partial charge >= 0.3 is 0 Å². The smallest absolute Gasteiger partial charge is 0.223 e. The number of nitrogens with one attached hydrogen (secondary N) is 1. The summed E-state index contributed by atoms with van der Waals surface area (Å²) < 4.78 is 0. The Balaban J connectivity index is 1.98. The van der Waals surface area contributed by atoms with Gasteiger partial charge in [-0.1, -0.05) is 19.4 Å². The third kappa shape index (κ3) is 3.07. The minimum atomic E-state index is 0.0953. The van der Waals surface area contributed by atoms with E-state index in [0.717, 1.165) is 32.2 Å². The number of carbonyl (C=O) groups is 2. The topological polar surface area (TPSA) is 46.2 Å². The van der Waals surface area contributed by atoms with Crippen LogP contribution in [0.15, 0.2) is 12.7 Å². The highest BCUT2D eigenvalue weighted by molar-refractivity contribution is 5.83. The quantitative estimate of drug-likeness (QED) is 0.591. The number of amides is 1. The molecule has 19 heavy (non-hydrogen) atoms. The number of unbranched alkanes of at least 4 members (excludes halogenated alkanes) is 1. The van der Waals surface area contributed by atoms with Crippen LogP contribution in [0.25, 0.3) is 0 Å². The van der Waals surface area contributed by atoms with Crippen molar-refractivity contribution in [3.05, 3.63) is 12.7 Å². The van der Waals surface area contributed by atoms with Crippen molar-refractivity contribution in [3.63, 3.8) is 0 Å². The molecule has 1 amide bonds. The van der Waals surface area contributed by atoms with Crippen LogP contribution in [0.4, 0.5) is 0 Å². The average molecular weight is 263 g/mol. The molecule has 4 atom stereocenters. The Morgan fingerprint density at radius 1 is 1.47 bits per heavy atom. The lowest BCUT2D eigenvalue weighted by molar-refractivity contribution is -0.127. The largest absolute Gasteiger partial charge is 0.356 e. The number of allylic oxidation sites excluding steroid dienone is 1. The van der Waals surface area contributed by atoms with Crippen LogP contribution in [-0.4, -0.2) is 18.2 Å². The molecule has 0 aromatic rings. The van der Waals surface area contributed by atoms with Gasteiger partial charge in [0.05, 0.1) is 0 Å². The van der Waals surface area contributed by atoms with Crippen LogP contribution < -0.4 is 5.32 Å². The summed E-state index contributed by atoms with van der Waals surface area (Å²) in [6, 6.07) is 0. The van der Waals surface area contributed by atoms with Crippen molar-refractivity contribution in [2.45, 2.75) is 45.4 Å². The highest BCUT2D eigenvalue weighted by Crippen LogP contribution is 2.50.